The van der Waals surface area contributed by atoms with Crippen LogP contribution in [-0.4, -0.2) is 12.1 Å². The highest BCUT2D eigenvalue weighted by atomic mass is 79.9. The van der Waals surface area contributed by atoms with Crippen LogP contribution in [0.3, 0.4) is 0 Å². The summed E-state index contributed by atoms with van der Waals surface area (Å²) in [5.41, 5.74) is 7.11. The standard InChI is InChI=1S/C13H21BrN2/c1-10(2)13(3,9-15)16-8-11-4-6-12(14)7-5-11/h4-7,10,16H,8-9,15H2,1-3H3. The van der Waals surface area contributed by atoms with E-state index < -0.39 is 0 Å². The third-order valence-corrected chi connectivity index (χ3v) is 3.84. The predicted molar refractivity (Wildman–Crippen MR) is 73.3 cm³/mol. The van der Waals surface area contributed by atoms with E-state index in [0.29, 0.717) is 12.5 Å². The van der Waals surface area contributed by atoms with E-state index in [-0.39, 0.29) is 5.54 Å². The Morgan fingerprint density at radius 3 is 2.31 bits per heavy atom. The molecule has 1 atom stereocenters. The largest absolute Gasteiger partial charge is 0.329 e. The fourth-order valence-electron chi connectivity index (χ4n) is 1.42. The molecule has 0 saturated carbocycles. The molecule has 0 fully saturated rings. The minimum atomic E-state index is 0.00702. The van der Waals surface area contributed by atoms with Crippen LogP contribution in [0, 0.1) is 5.92 Å². The number of nitrogens with two attached hydrogens (primary N) is 1. The third kappa shape index (κ3) is 3.58. The van der Waals surface area contributed by atoms with Gasteiger partial charge in [0.15, 0.2) is 0 Å². The van der Waals surface area contributed by atoms with Gasteiger partial charge in [0, 0.05) is 23.1 Å². The summed E-state index contributed by atoms with van der Waals surface area (Å²) in [6, 6.07) is 8.36. The molecule has 1 unspecified atom stereocenters. The highest BCUT2D eigenvalue weighted by molar-refractivity contribution is 9.10. The van der Waals surface area contributed by atoms with Crippen LogP contribution in [0.15, 0.2) is 28.7 Å². The second-order valence-corrected chi connectivity index (χ2v) is 5.67. The van der Waals surface area contributed by atoms with Crippen LogP contribution >= 0.6 is 15.9 Å². The zero-order valence-corrected chi connectivity index (χ0v) is 11.8. The van der Waals surface area contributed by atoms with Gasteiger partial charge in [0.05, 0.1) is 0 Å². The lowest BCUT2D eigenvalue weighted by molar-refractivity contribution is 0.267. The summed E-state index contributed by atoms with van der Waals surface area (Å²) in [6.45, 7) is 8.08. The van der Waals surface area contributed by atoms with Crippen LogP contribution in [0.1, 0.15) is 26.3 Å². The zero-order valence-electron chi connectivity index (χ0n) is 10.3. The molecule has 0 amide bonds. The topological polar surface area (TPSA) is 38.0 Å². The monoisotopic (exact) mass is 284 g/mol. The average molecular weight is 285 g/mol. The van der Waals surface area contributed by atoms with Crippen molar-refractivity contribution in [2.24, 2.45) is 11.7 Å². The number of benzene rings is 1. The SMILES string of the molecule is CC(C)C(C)(CN)NCc1ccc(Br)cc1. The molecule has 90 valence electrons. The smallest absolute Gasteiger partial charge is 0.0301 e. The quantitative estimate of drug-likeness (QED) is 0.873. The summed E-state index contributed by atoms with van der Waals surface area (Å²) in [7, 11) is 0. The first-order chi connectivity index (χ1) is 7.48. The first kappa shape index (κ1) is 13.7. The number of rotatable bonds is 5. The number of hydrogen-bond acceptors (Lipinski definition) is 2. The maximum atomic E-state index is 5.83. The van der Waals surface area contributed by atoms with Gasteiger partial charge in [-0.15, -0.1) is 0 Å². The Morgan fingerprint density at radius 2 is 1.88 bits per heavy atom. The molecule has 0 radical (unpaired) electrons. The van der Waals surface area contributed by atoms with Crippen molar-refractivity contribution in [3.05, 3.63) is 34.3 Å². The van der Waals surface area contributed by atoms with Crippen LogP contribution in [0.4, 0.5) is 0 Å². The van der Waals surface area contributed by atoms with E-state index in [1.165, 1.54) is 5.56 Å². The van der Waals surface area contributed by atoms with E-state index in [4.69, 9.17) is 5.73 Å². The van der Waals surface area contributed by atoms with E-state index in [1.807, 2.05) is 0 Å². The Hall–Kier alpha value is -0.380. The van der Waals surface area contributed by atoms with E-state index in [0.717, 1.165) is 11.0 Å². The summed E-state index contributed by atoms with van der Waals surface area (Å²) in [4.78, 5) is 0. The fraction of sp³-hybridized carbons (Fsp3) is 0.538. The van der Waals surface area contributed by atoms with E-state index >= 15 is 0 Å². The normalized spacial score (nSPS) is 15.1. The molecule has 0 aliphatic heterocycles. The van der Waals surface area contributed by atoms with Crippen molar-refractivity contribution in [1.82, 2.24) is 5.32 Å². The molecule has 0 spiro atoms. The number of hydrogen-bond donors (Lipinski definition) is 2. The minimum Gasteiger partial charge on any atom is -0.329 e. The summed E-state index contributed by atoms with van der Waals surface area (Å²) in [5, 5.41) is 3.54. The summed E-state index contributed by atoms with van der Waals surface area (Å²) < 4.78 is 1.11. The number of nitrogens with one attached hydrogen (secondary N) is 1. The van der Waals surface area contributed by atoms with Gasteiger partial charge in [0.25, 0.3) is 0 Å². The fourth-order valence-corrected chi connectivity index (χ4v) is 1.68. The number of halogens is 1. The van der Waals surface area contributed by atoms with Crippen molar-refractivity contribution in [3.8, 4) is 0 Å². The van der Waals surface area contributed by atoms with Crippen LogP contribution in [0.25, 0.3) is 0 Å². The second-order valence-electron chi connectivity index (χ2n) is 4.76. The third-order valence-electron chi connectivity index (χ3n) is 3.31. The zero-order chi connectivity index (χ0) is 12.2. The van der Waals surface area contributed by atoms with E-state index in [9.17, 15) is 0 Å². The highest BCUT2D eigenvalue weighted by Gasteiger charge is 2.25. The lowest BCUT2D eigenvalue weighted by Gasteiger charge is -2.33. The van der Waals surface area contributed by atoms with Crippen LogP contribution < -0.4 is 11.1 Å². The summed E-state index contributed by atoms with van der Waals surface area (Å²) in [5.74, 6) is 0.521. The highest BCUT2D eigenvalue weighted by Crippen LogP contribution is 2.16. The molecular weight excluding hydrogens is 264 g/mol. The molecule has 3 N–H and O–H groups in total. The maximum absolute atomic E-state index is 5.83. The Balaban J connectivity index is 2.59. The van der Waals surface area contributed by atoms with E-state index in [2.05, 4.69) is 66.3 Å². The van der Waals surface area contributed by atoms with Gasteiger partial charge in [-0.1, -0.05) is 41.9 Å². The average Bonchev–Trinajstić information content (AvgIpc) is 2.27. The van der Waals surface area contributed by atoms with Crippen LogP contribution in [0.2, 0.25) is 0 Å². The molecule has 1 rings (SSSR count). The van der Waals surface area contributed by atoms with Gasteiger partial charge in [0.2, 0.25) is 0 Å². The van der Waals surface area contributed by atoms with Crippen molar-refractivity contribution in [2.45, 2.75) is 32.9 Å². The van der Waals surface area contributed by atoms with Crippen molar-refractivity contribution in [2.75, 3.05) is 6.54 Å². The molecule has 0 aromatic heterocycles. The molecule has 0 bridgehead atoms. The molecule has 0 heterocycles. The summed E-state index contributed by atoms with van der Waals surface area (Å²) >= 11 is 3.43. The van der Waals surface area contributed by atoms with Crippen LogP contribution in [-0.2, 0) is 6.54 Å². The Labute approximate surface area is 107 Å². The molecule has 1 aromatic rings. The lowest BCUT2D eigenvalue weighted by Crippen LogP contribution is -2.52. The first-order valence-electron chi connectivity index (χ1n) is 5.67. The predicted octanol–water partition coefficient (Wildman–Crippen LogP) is 2.91. The maximum Gasteiger partial charge on any atom is 0.0301 e. The van der Waals surface area contributed by atoms with E-state index in [1.54, 1.807) is 0 Å². The van der Waals surface area contributed by atoms with Gasteiger partial charge in [-0.2, -0.15) is 0 Å². The Morgan fingerprint density at radius 1 is 1.31 bits per heavy atom. The van der Waals surface area contributed by atoms with Gasteiger partial charge < -0.3 is 11.1 Å². The molecule has 1 aromatic carbocycles. The Kier molecular flexibility index (Phi) is 4.96. The van der Waals surface area contributed by atoms with Gasteiger partial charge >= 0.3 is 0 Å². The van der Waals surface area contributed by atoms with Crippen molar-refractivity contribution < 1.29 is 0 Å². The molecule has 0 aliphatic rings. The second kappa shape index (κ2) is 5.80. The molecular formula is C13H21BrN2. The van der Waals surface area contributed by atoms with Crippen molar-refractivity contribution >= 4 is 15.9 Å². The van der Waals surface area contributed by atoms with Crippen LogP contribution in [0.5, 0.6) is 0 Å². The molecule has 0 saturated heterocycles. The first-order valence-corrected chi connectivity index (χ1v) is 6.47. The minimum absolute atomic E-state index is 0.00702. The molecule has 2 nitrogen and oxygen atoms in total. The molecule has 3 heteroatoms. The molecule has 0 aliphatic carbocycles. The van der Waals surface area contributed by atoms with Gasteiger partial charge in [-0.3, -0.25) is 0 Å². The lowest BCUT2D eigenvalue weighted by atomic mass is 9.88. The van der Waals surface area contributed by atoms with Crippen molar-refractivity contribution in [3.63, 3.8) is 0 Å². The van der Waals surface area contributed by atoms with Crippen molar-refractivity contribution in [1.29, 1.82) is 0 Å². The van der Waals surface area contributed by atoms with Gasteiger partial charge in [0.1, 0.15) is 0 Å². The summed E-state index contributed by atoms with van der Waals surface area (Å²) in [6.07, 6.45) is 0. The van der Waals surface area contributed by atoms with Gasteiger partial charge in [-0.25, -0.2) is 0 Å². The van der Waals surface area contributed by atoms with Gasteiger partial charge in [-0.05, 0) is 30.5 Å². The Bertz CT molecular complexity index is 321. The molecule has 16 heavy (non-hydrogen) atoms.